The third kappa shape index (κ3) is 2.49. The molecule has 1 aromatic carbocycles. The molecular formula is C10H12F3NO. The predicted octanol–water partition coefficient (Wildman–Crippen LogP) is 1.99. The van der Waals surface area contributed by atoms with Gasteiger partial charge >= 0.3 is 0 Å². The summed E-state index contributed by atoms with van der Waals surface area (Å²) in [6.07, 6.45) is -2.75. The summed E-state index contributed by atoms with van der Waals surface area (Å²) in [6.45, 7) is 0.950. The highest BCUT2D eigenvalue weighted by Crippen LogP contribution is 2.25. The van der Waals surface area contributed by atoms with Gasteiger partial charge in [-0.25, -0.2) is 13.2 Å². The lowest BCUT2D eigenvalue weighted by atomic mass is 10.0. The van der Waals surface area contributed by atoms with Crippen molar-refractivity contribution in [1.29, 1.82) is 0 Å². The quantitative estimate of drug-likeness (QED) is 0.816. The molecule has 84 valence electrons. The van der Waals surface area contributed by atoms with Crippen molar-refractivity contribution in [3.63, 3.8) is 0 Å². The van der Waals surface area contributed by atoms with Gasteiger partial charge < -0.3 is 10.8 Å². The molecule has 0 spiro atoms. The molecule has 15 heavy (non-hydrogen) atoms. The largest absolute Gasteiger partial charge is 0.387 e. The average molecular weight is 219 g/mol. The van der Waals surface area contributed by atoms with E-state index in [1.165, 1.54) is 6.92 Å². The first-order valence-electron chi connectivity index (χ1n) is 4.48. The van der Waals surface area contributed by atoms with Crippen LogP contribution in [0.2, 0.25) is 0 Å². The molecule has 0 aliphatic carbocycles. The van der Waals surface area contributed by atoms with E-state index in [4.69, 9.17) is 5.73 Å². The van der Waals surface area contributed by atoms with Crippen LogP contribution in [0.25, 0.3) is 0 Å². The smallest absolute Gasteiger partial charge is 0.164 e. The van der Waals surface area contributed by atoms with E-state index in [-0.39, 0.29) is 17.7 Å². The van der Waals surface area contributed by atoms with Crippen LogP contribution in [0.4, 0.5) is 13.2 Å². The third-order valence-corrected chi connectivity index (χ3v) is 2.12. The van der Waals surface area contributed by atoms with Crippen molar-refractivity contribution in [2.75, 3.05) is 6.54 Å². The van der Waals surface area contributed by atoms with Crippen LogP contribution < -0.4 is 5.73 Å². The summed E-state index contributed by atoms with van der Waals surface area (Å²) in [5.74, 6) is -2.36. The first kappa shape index (κ1) is 12.0. The van der Waals surface area contributed by atoms with Gasteiger partial charge in [-0.15, -0.1) is 0 Å². The van der Waals surface area contributed by atoms with Crippen molar-refractivity contribution in [1.82, 2.24) is 0 Å². The summed E-state index contributed by atoms with van der Waals surface area (Å²) in [6, 6.07) is 1.85. The molecular weight excluding hydrogens is 207 g/mol. The van der Waals surface area contributed by atoms with Crippen molar-refractivity contribution >= 4 is 0 Å². The fraction of sp³-hybridized carbons (Fsp3) is 0.400. The van der Waals surface area contributed by atoms with E-state index >= 15 is 0 Å². The van der Waals surface area contributed by atoms with Crippen LogP contribution in [0.3, 0.4) is 0 Å². The van der Waals surface area contributed by atoms with Crippen molar-refractivity contribution < 1.29 is 18.3 Å². The van der Waals surface area contributed by atoms with Gasteiger partial charge in [-0.1, -0.05) is 0 Å². The normalized spacial score (nSPS) is 15.1. The molecule has 0 aliphatic rings. The van der Waals surface area contributed by atoms with Gasteiger partial charge in [0.15, 0.2) is 11.6 Å². The highest BCUT2D eigenvalue weighted by molar-refractivity contribution is 5.29. The van der Waals surface area contributed by atoms with E-state index in [1.54, 1.807) is 0 Å². The Bertz CT molecular complexity index is 355. The van der Waals surface area contributed by atoms with Gasteiger partial charge in [0.25, 0.3) is 0 Å². The Balaban J connectivity index is 3.25. The molecule has 0 bridgehead atoms. The zero-order valence-electron chi connectivity index (χ0n) is 8.17. The molecule has 2 atom stereocenters. The lowest BCUT2D eigenvalue weighted by Gasteiger charge is -2.12. The second-order valence-corrected chi connectivity index (χ2v) is 3.27. The number of aliphatic hydroxyl groups is 1. The second kappa shape index (κ2) is 4.63. The molecule has 0 aliphatic heterocycles. The van der Waals surface area contributed by atoms with Gasteiger partial charge in [0.2, 0.25) is 0 Å². The molecule has 1 aromatic rings. The molecule has 3 N–H and O–H groups in total. The highest BCUT2D eigenvalue weighted by atomic mass is 19.2. The molecule has 0 saturated heterocycles. The first-order valence-corrected chi connectivity index (χ1v) is 4.48. The maximum absolute atomic E-state index is 13.2. The van der Waals surface area contributed by atoms with Crippen LogP contribution in [-0.2, 0) is 0 Å². The van der Waals surface area contributed by atoms with Gasteiger partial charge in [0.1, 0.15) is 6.17 Å². The molecule has 5 heteroatoms. The monoisotopic (exact) mass is 219 g/mol. The lowest BCUT2D eigenvalue weighted by molar-refractivity contribution is 0.180. The molecule has 0 heterocycles. The minimum atomic E-state index is -1.43. The number of aliphatic hydroxyl groups excluding tert-OH is 1. The molecule has 1 rings (SSSR count). The van der Waals surface area contributed by atoms with E-state index in [0.717, 1.165) is 12.1 Å². The summed E-state index contributed by atoms with van der Waals surface area (Å²) < 4.78 is 39.1. The van der Waals surface area contributed by atoms with E-state index < -0.39 is 23.9 Å². The van der Waals surface area contributed by atoms with Gasteiger partial charge in [-0.3, -0.25) is 0 Å². The molecule has 2 unspecified atom stereocenters. The zero-order valence-corrected chi connectivity index (χ0v) is 8.17. The van der Waals surface area contributed by atoms with Crippen LogP contribution >= 0.6 is 0 Å². The predicted molar refractivity (Wildman–Crippen MR) is 49.9 cm³/mol. The van der Waals surface area contributed by atoms with Crippen molar-refractivity contribution in [3.8, 4) is 0 Å². The molecule has 0 fully saturated rings. The summed E-state index contributed by atoms with van der Waals surface area (Å²) in [5, 5.41) is 9.29. The van der Waals surface area contributed by atoms with Gasteiger partial charge in [-0.05, 0) is 24.6 Å². The number of halogens is 3. The second-order valence-electron chi connectivity index (χ2n) is 3.27. The van der Waals surface area contributed by atoms with Crippen molar-refractivity contribution in [2.24, 2.45) is 5.73 Å². The number of hydrogen-bond acceptors (Lipinski definition) is 2. The maximum atomic E-state index is 13.2. The Morgan fingerprint density at radius 1 is 1.40 bits per heavy atom. The minimum absolute atomic E-state index is 0.0172. The van der Waals surface area contributed by atoms with Crippen molar-refractivity contribution in [2.45, 2.75) is 19.2 Å². The van der Waals surface area contributed by atoms with E-state index in [9.17, 15) is 18.3 Å². The third-order valence-electron chi connectivity index (χ3n) is 2.12. The molecule has 0 saturated carbocycles. The summed E-state index contributed by atoms with van der Waals surface area (Å²) in [4.78, 5) is 0. The topological polar surface area (TPSA) is 46.2 Å². The van der Waals surface area contributed by atoms with Gasteiger partial charge in [-0.2, -0.15) is 0 Å². The molecule has 2 nitrogen and oxygen atoms in total. The standard InChI is InChI=1S/C10H12F3NO/c1-5(11)6-2-7(9(15)4-14)10(13)8(12)3-6/h2-3,5,9,15H,4,14H2,1H3. The lowest BCUT2D eigenvalue weighted by Crippen LogP contribution is -2.14. The van der Waals surface area contributed by atoms with Crippen molar-refractivity contribution in [3.05, 3.63) is 34.9 Å². The van der Waals surface area contributed by atoms with Crippen LogP contribution in [0.5, 0.6) is 0 Å². The maximum Gasteiger partial charge on any atom is 0.164 e. The molecule has 0 amide bonds. The zero-order chi connectivity index (χ0) is 11.6. The van der Waals surface area contributed by atoms with E-state index in [1.807, 2.05) is 0 Å². The van der Waals surface area contributed by atoms with E-state index in [0.29, 0.717) is 0 Å². The summed E-state index contributed by atoms with van der Waals surface area (Å²) >= 11 is 0. The Morgan fingerprint density at radius 3 is 2.47 bits per heavy atom. The minimum Gasteiger partial charge on any atom is -0.387 e. The number of alkyl halides is 1. The van der Waals surface area contributed by atoms with Crippen LogP contribution in [0, 0.1) is 11.6 Å². The summed E-state index contributed by atoms with van der Waals surface area (Å²) in [5.41, 5.74) is 4.79. The number of hydrogen-bond donors (Lipinski definition) is 2. The van der Waals surface area contributed by atoms with Gasteiger partial charge in [0.05, 0.1) is 6.10 Å². The number of nitrogens with two attached hydrogens (primary N) is 1. The fourth-order valence-electron chi connectivity index (χ4n) is 1.23. The van der Waals surface area contributed by atoms with E-state index in [2.05, 4.69) is 0 Å². The van der Waals surface area contributed by atoms with Crippen LogP contribution in [0.1, 0.15) is 30.3 Å². The Labute approximate surface area is 85.5 Å². The first-order chi connectivity index (χ1) is 6.97. The summed E-state index contributed by atoms with van der Waals surface area (Å²) in [7, 11) is 0. The fourth-order valence-corrected chi connectivity index (χ4v) is 1.23. The molecule has 0 radical (unpaired) electrons. The molecule has 0 aromatic heterocycles. The SMILES string of the molecule is CC(F)c1cc(F)c(F)c(C(O)CN)c1. The number of benzene rings is 1. The highest BCUT2D eigenvalue weighted by Gasteiger charge is 2.18. The Hall–Kier alpha value is -1.07. The van der Waals surface area contributed by atoms with Crippen LogP contribution in [0.15, 0.2) is 12.1 Å². The Kier molecular flexibility index (Phi) is 3.71. The average Bonchev–Trinajstić information content (AvgIpc) is 2.20. The number of rotatable bonds is 3. The Morgan fingerprint density at radius 2 is 2.00 bits per heavy atom. The van der Waals surface area contributed by atoms with Crippen LogP contribution in [-0.4, -0.2) is 11.7 Å². The van der Waals surface area contributed by atoms with Gasteiger partial charge in [0, 0.05) is 12.1 Å².